The highest BCUT2D eigenvalue weighted by atomic mass is 16.5. The van der Waals surface area contributed by atoms with Crippen molar-refractivity contribution in [3.8, 4) is 5.75 Å². The smallest absolute Gasteiger partial charge is 0.144 e. The number of carbonyl (C=O) groups is 1. The number of rotatable bonds is 3. The zero-order valence-electron chi connectivity index (χ0n) is 6.73. The molecule has 0 bridgehead atoms. The van der Waals surface area contributed by atoms with E-state index in [9.17, 15) is 4.79 Å². The Labute approximate surface area is 70.7 Å². The van der Waals surface area contributed by atoms with Crippen molar-refractivity contribution in [1.82, 2.24) is 4.98 Å². The summed E-state index contributed by atoms with van der Waals surface area (Å²) in [5.41, 5.74) is 0.659. The third-order valence-corrected chi connectivity index (χ3v) is 1.35. The van der Waals surface area contributed by atoms with Crippen LogP contribution in [0.3, 0.4) is 0 Å². The average Bonchev–Trinajstić information content (AvgIpc) is 2.15. The molecule has 0 saturated carbocycles. The van der Waals surface area contributed by atoms with Crippen LogP contribution in [0.1, 0.15) is 5.69 Å². The molecule has 0 atom stereocenters. The molecule has 0 aliphatic rings. The summed E-state index contributed by atoms with van der Waals surface area (Å²) >= 11 is 0. The summed E-state index contributed by atoms with van der Waals surface area (Å²) < 4.78 is 5.01. The first-order chi connectivity index (χ1) is 5.88. The standard InChI is InChI=1S/C9H9NO2/c1-12-9-5-2-6-10-8(9)4-3-7-11/h2-7H,1H3/b4-3+. The zero-order chi connectivity index (χ0) is 8.81. The Morgan fingerprint density at radius 2 is 2.42 bits per heavy atom. The predicted octanol–water partition coefficient (Wildman–Crippen LogP) is 1.30. The molecule has 0 aliphatic heterocycles. The van der Waals surface area contributed by atoms with Gasteiger partial charge in [-0.3, -0.25) is 9.78 Å². The highest BCUT2D eigenvalue weighted by Crippen LogP contribution is 2.15. The fraction of sp³-hybridized carbons (Fsp3) is 0.111. The SMILES string of the molecule is COc1cccnc1/C=C/C=O. The lowest BCUT2D eigenvalue weighted by atomic mass is 10.3. The Morgan fingerprint density at radius 3 is 3.08 bits per heavy atom. The second kappa shape index (κ2) is 4.28. The Kier molecular flexibility index (Phi) is 3.02. The molecule has 3 heteroatoms. The molecule has 0 fully saturated rings. The van der Waals surface area contributed by atoms with Crippen LogP contribution < -0.4 is 4.74 Å². The minimum atomic E-state index is 0.659. The topological polar surface area (TPSA) is 39.2 Å². The van der Waals surface area contributed by atoms with Gasteiger partial charge in [0.25, 0.3) is 0 Å². The van der Waals surface area contributed by atoms with Gasteiger partial charge in [0.1, 0.15) is 17.7 Å². The van der Waals surface area contributed by atoms with Crippen molar-refractivity contribution >= 4 is 12.4 Å². The van der Waals surface area contributed by atoms with Gasteiger partial charge in [-0.05, 0) is 24.3 Å². The van der Waals surface area contributed by atoms with Crippen LogP contribution in [0.5, 0.6) is 5.75 Å². The largest absolute Gasteiger partial charge is 0.494 e. The Morgan fingerprint density at radius 1 is 1.58 bits per heavy atom. The van der Waals surface area contributed by atoms with Gasteiger partial charge < -0.3 is 4.74 Å². The van der Waals surface area contributed by atoms with Crippen LogP contribution in [-0.2, 0) is 4.79 Å². The number of aromatic nitrogens is 1. The minimum absolute atomic E-state index is 0.659. The van der Waals surface area contributed by atoms with Crippen LogP contribution >= 0.6 is 0 Å². The summed E-state index contributed by atoms with van der Waals surface area (Å²) in [5.74, 6) is 0.663. The van der Waals surface area contributed by atoms with E-state index in [1.165, 1.54) is 6.08 Å². The number of pyridine rings is 1. The maximum absolute atomic E-state index is 10.0. The molecule has 1 aromatic heterocycles. The monoisotopic (exact) mass is 163 g/mol. The van der Waals surface area contributed by atoms with E-state index < -0.39 is 0 Å². The summed E-state index contributed by atoms with van der Waals surface area (Å²) in [7, 11) is 1.56. The van der Waals surface area contributed by atoms with Gasteiger partial charge in [0.15, 0.2) is 0 Å². The molecule has 0 saturated heterocycles. The number of aldehydes is 1. The molecule has 62 valence electrons. The zero-order valence-corrected chi connectivity index (χ0v) is 6.73. The van der Waals surface area contributed by atoms with E-state index in [1.807, 2.05) is 0 Å². The van der Waals surface area contributed by atoms with Crippen LogP contribution in [0.2, 0.25) is 0 Å². The molecule has 0 radical (unpaired) electrons. The van der Waals surface area contributed by atoms with E-state index in [-0.39, 0.29) is 0 Å². The summed E-state index contributed by atoms with van der Waals surface area (Å²) in [6.45, 7) is 0. The highest BCUT2D eigenvalue weighted by molar-refractivity contribution is 5.74. The van der Waals surface area contributed by atoms with Crippen molar-refractivity contribution < 1.29 is 9.53 Å². The minimum Gasteiger partial charge on any atom is -0.494 e. The van der Waals surface area contributed by atoms with Gasteiger partial charge >= 0.3 is 0 Å². The quantitative estimate of drug-likeness (QED) is 0.498. The number of hydrogen-bond donors (Lipinski definition) is 0. The molecule has 12 heavy (non-hydrogen) atoms. The van der Waals surface area contributed by atoms with Gasteiger partial charge in [0, 0.05) is 6.20 Å². The second-order valence-corrected chi connectivity index (χ2v) is 2.09. The average molecular weight is 163 g/mol. The number of carbonyl (C=O) groups excluding carboxylic acids is 1. The van der Waals surface area contributed by atoms with Crippen molar-refractivity contribution in [3.05, 3.63) is 30.1 Å². The first-order valence-electron chi connectivity index (χ1n) is 3.49. The normalized spacial score (nSPS) is 10.1. The maximum Gasteiger partial charge on any atom is 0.144 e. The number of methoxy groups -OCH3 is 1. The second-order valence-electron chi connectivity index (χ2n) is 2.09. The Balaban J connectivity index is 2.96. The summed E-state index contributed by atoms with van der Waals surface area (Å²) in [6.07, 6.45) is 5.33. The molecular formula is C9H9NO2. The van der Waals surface area contributed by atoms with Crippen molar-refractivity contribution in [2.45, 2.75) is 0 Å². The molecule has 3 nitrogen and oxygen atoms in total. The van der Waals surface area contributed by atoms with Gasteiger partial charge in [-0.15, -0.1) is 0 Å². The molecule has 0 unspecified atom stereocenters. The predicted molar refractivity (Wildman–Crippen MR) is 45.9 cm³/mol. The van der Waals surface area contributed by atoms with E-state index in [4.69, 9.17) is 4.74 Å². The molecule has 0 amide bonds. The van der Waals surface area contributed by atoms with Gasteiger partial charge in [0.05, 0.1) is 7.11 Å². The molecule has 0 N–H and O–H groups in total. The first kappa shape index (κ1) is 8.46. The van der Waals surface area contributed by atoms with Gasteiger partial charge in [0.2, 0.25) is 0 Å². The third kappa shape index (κ3) is 1.92. The van der Waals surface area contributed by atoms with Crippen LogP contribution in [0.25, 0.3) is 6.08 Å². The fourth-order valence-corrected chi connectivity index (χ4v) is 0.831. The summed E-state index contributed by atoms with van der Waals surface area (Å²) in [5, 5.41) is 0. The van der Waals surface area contributed by atoms with Crippen LogP contribution in [-0.4, -0.2) is 18.4 Å². The lowest BCUT2D eigenvalue weighted by Crippen LogP contribution is -1.88. The molecular weight excluding hydrogens is 154 g/mol. The number of allylic oxidation sites excluding steroid dienone is 1. The number of hydrogen-bond acceptors (Lipinski definition) is 3. The third-order valence-electron chi connectivity index (χ3n) is 1.35. The Bertz CT molecular complexity index is 294. The number of nitrogens with zero attached hydrogens (tertiary/aromatic N) is 1. The lowest BCUT2D eigenvalue weighted by molar-refractivity contribution is -0.104. The number of ether oxygens (including phenoxy) is 1. The summed E-state index contributed by atoms with van der Waals surface area (Å²) in [4.78, 5) is 14.0. The van der Waals surface area contributed by atoms with Crippen LogP contribution in [0.4, 0.5) is 0 Å². The van der Waals surface area contributed by atoms with E-state index in [2.05, 4.69) is 4.98 Å². The van der Waals surface area contributed by atoms with Crippen molar-refractivity contribution in [3.63, 3.8) is 0 Å². The van der Waals surface area contributed by atoms with Gasteiger partial charge in [-0.1, -0.05) is 0 Å². The first-order valence-corrected chi connectivity index (χ1v) is 3.49. The molecule has 1 aromatic rings. The Hall–Kier alpha value is -1.64. The molecule has 0 aliphatic carbocycles. The highest BCUT2D eigenvalue weighted by Gasteiger charge is 1.96. The molecule has 1 rings (SSSR count). The van der Waals surface area contributed by atoms with Gasteiger partial charge in [-0.2, -0.15) is 0 Å². The summed E-state index contributed by atoms with van der Waals surface area (Å²) in [6, 6.07) is 3.56. The van der Waals surface area contributed by atoms with E-state index >= 15 is 0 Å². The van der Waals surface area contributed by atoms with Crippen molar-refractivity contribution in [1.29, 1.82) is 0 Å². The van der Waals surface area contributed by atoms with Crippen LogP contribution in [0.15, 0.2) is 24.4 Å². The molecule has 1 heterocycles. The van der Waals surface area contributed by atoms with E-state index in [1.54, 1.807) is 31.5 Å². The van der Waals surface area contributed by atoms with Crippen LogP contribution in [0, 0.1) is 0 Å². The van der Waals surface area contributed by atoms with Crippen molar-refractivity contribution in [2.75, 3.05) is 7.11 Å². The van der Waals surface area contributed by atoms with Gasteiger partial charge in [-0.25, -0.2) is 0 Å². The van der Waals surface area contributed by atoms with E-state index in [0.717, 1.165) is 0 Å². The molecule has 0 spiro atoms. The maximum atomic E-state index is 10.0. The lowest BCUT2D eigenvalue weighted by Gasteiger charge is -2.00. The molecule has 0 aromatic carbocycles. The van der Waals surface area contributed by atoms with E-state index in [0.29, 0.717) is 17.7 Å². The fourth-order valence-electron chi connectivity index (χ4n) is 0.831. The van der Waals surface area contributed by atoms with Crippen molar-refractivity contribution in [2.24, 2.45) is 0 Å².